The van der Waals surface area contributed by atoms with Crippen LogP contribution in [-0.4, -0.2) is 56.1 Å². The molecule has 0 spiro atoms. The average molecular weight is 420 g/mol. The number of carbonyl (C=O) groups is 1. The molecule has 4 rings (SSSR count). The highest BCUT2D eigenvalue weighted by Crippen LogP contribution is 2.24. The lowest BCUT2D eigenvalue weighted by molar-refractivity contribution is -0.508. The van der Waals surface area contributed by atoms with Crippen molar-refractivity contribution in [3.63, 3.8) is 0 Å². The molecule has 1 fully saturated rings. The number of carbonyl (C=O) groups excluding carboxylic acids is 1. The fourth-order valence-electron chi connectivity index (χ4n) is 3.62. The van der Waals surface area contributed by atoms with Crippen LogP contribution >= 0.6 is 0 Å². The number of aliphatic hydroxyl groups is 1. The van der Waals surface area contributed by atoms with Crippen LogP contribution in [0.2, 0.25) is 0 Å². The van der Waals surface area contributed by atoms with E-state index in [1.54, 1.807) is 23.0 Å². The molecule has 6 N–H and O–H groups in total. The number of β-amino-alcohol motifs (C(OH)–C–C–N with tert-alkyl or cyclic N) is 1. The highest BCUT2D eigenvalue weighted by Gasteiger charge is 2.27. The molecule has 1 aliphatic heterocycles. The van der Waals surface area contributed by atoms with Crippen molar-refractivity contribution >= 4 is 29.0 Å². The number of benzene rings is 1. The number of aliphatic hydroxyl groups excluding tert-OH is 1. The first kappa shape index (κ1) is 20.5. The Kier molecular flexibility index (Phi) is 5.68. The molecule has 1 aromatic heterocycles. The lowest BCUT2D eigenvalue weighted by atomic mass is 10.1. The lowest BCUT2D eigenvalue weighted by Gasteiger charge is -2.12. The summed E-state index contributed by atoms with van der Waals surface area (Å²) in [4.78, 5) is 16.1. The number of rotatable bonds is 4. The number of hydrogen-bond acceptors (Lipinski definition) is 5. The number of nitrogens with one attached hydrogen (secondary N) is 1. The highest BCUT2D eigenvalue weighted by molar-refractivity contribution is 6.21. The molecule has 1 unspecified atom stereocenters. The van der Waals surface area contributed by atoms with Crippen molar-refractivity contribution < 1.29 is 14.5 Å². The van der Waals surface area contributed by atoms with Gasteiger partial charge < -0.3 is 21.9 Å². The Hall–Kier alpha value is -3.72. The topological polar surface area (TPSA) is 135 Å². The van der Waals surface area contributed by atoms with Crippen molar-refractivity contribution in [1.82, 2.24) is 15.1 Å². The third kappa shape index (κ3) is 4.72. The van der Waals surface area contributed by atoms with Crippen molar-refractivity contribution in [3.8, 4) is 0 Å². The summed E-state index contributed by atoms with van der Waals surface area (Å²) in [5.74, 6) is 0.428. The maximum atomic E-state index is 11.5. The molecular formula is C22H26N7O2+. The molecule has 31 heavy (non-hydrogen) atoms. The minimum Gasteiger partial charge on any atom is -0.386 e. The largest absolute Gasteiger partial charge is 0.386 e. The van der Waals surface area contributed by atoms with Gasteiger partial charge in [-0.1, -0.05) is 29.8 Å². The van der Waals surface area contributed by atoms with Crippen LogP contribution in [-0.2, 0) is 6.54 Å². The van der Waals surface area contributed by atoms with Crippen LogP contribution in [0.3, 0.4) is 0 Å². The molecule has 2 heterocycles. The second-order valence-electron chi connectivity index (χ2n) is 7.75. The summed E-state index contributed by atoms with van der Waals surface area (Å²) in [6.45, 7) is 3.86. The molecule has 2 aromatic rings. The number of primary amides is 1. The third-order valence-electron chi connectivity index (χ3n) is 5.32. The fourth-order valence-corrected chi connectivity index (χ4v) is 3.62. The zero-order valence-corrected chi connectivity index (χ0v) is 17.3. The normalized spacial score (nSPS) is 22.1. The number of hydrogen-bond donors (Lipinski definition) is 4. The van der Waals surface area contributed by atoms with Crippen molar-refractivity contribution in [2.45, 2.75) is 26.0 Å². The van der Waals surface area contributed by atoms with Crippen LogP contribution in [0, 0.1) is 6.92 Å². The van der Waals surface area contributed by atoms with Crippen molar-refractivity contribution in [3.05, 3.63) is 65.5 Å². The molecule has 2 amide bonds. The number of urea groups is 1. The molecule has 1 aromatic carbocycles. The van der Waals surface area contributed by atoms with Gasteiger partial charge in [0.15, 0.2) is 6.54 Å². The van der Waals surface area contributed by atoms with E-state index in [-0.39, 0.29) is 6.10 Å². The number of nitrogen functional groups attached to an aromatic ring is 1. The Labute approximate surface area is 180 Å². The number of aromatic nitrogens is 2. The van der Waals surface area contributed by atoms with Gasteiger partial charge in [0.05, 0.1) is 24.2 Å². The van der Waals surface area contributed by atoms with E-state index in [2.05, 4.69) is 20.0 Å². The molecule has 0 bridgehead atoms. The first-order chi connectivity index (χ1) is 14.9. The van der Waals surface area contributed by atoms with Crippen molar-refractivity contribution in [1.29, 1.82) is 0 Å². The minimum atomic E-state index is -0.682. The van der Waals surface area contributed by atoms with Crippen molar-refractivity contribution in [2.75, 3.05) is 18.8 Å². The maximum Gasteiger partial charge on any atom is 0.316 e. The van der Waals surface area contributed by atoms with Gasteiger partial charge in [-0.15, -0.1) is 0 Å². The van der Waals surface area contributed by atoms with Gasteiger partial charge in [0.25, 0.3) is 0 Å². The zero-order chi connectivity index (χ0) is 22.0. The molecule has 2 aliphatic rings. The second kappa shape index (κ2) is 8.57. The van der Waals surface area contributed by atoms with E-state index in [9.17, 15) is 9.90 Å². The number of allylic oxidation sites excluding steroid dienone is 3. The first-order valence-corrected chi connectivity index (χ1v) is 10.1. The first-order valence-electron chi connectivity index (χ1n) is 10.1. The molecule has 160 valence electrons. The SMILES string of the molecule is Cc1ccc(Cn2ncc(/N=C3C=C/C(=[N+]4/CCC(O)C4)C=C/3NC(N)=O)c2N)cc1. The summed E-state index contributed by atoms with van der Waals surface area (Å²) in [6, 6.07) is 7.48. The predicted molar refractivity (Wildman–Crippen MR) is 120 cm³/mol. The molecule has 1 atom stereocenters. The van der Waals surface area contributed by atoms with Crippen LogP contribution in [0.25, 0.3) is 0 Å². The molecule has 1 aliphatic carbocycles. The van der Waals surface area contributed by atoms with Crippen LogP contribution in [0.5, 0.6) is 0 Å². The minimum absolute atomic E-state index is 0.351. The van der Waals surface area contributed by atoms with Gasteiger partial charge in [0.1, 0.15) is 24.2 Å². The number of nitrogens with two attached hydrogens (primary N) is 2. The Morgan fingerprint density at radius 2 is 2.13 bits per heavy atom. The highest BCUT2D eigenvalue weighted by atomic mass is 16.3. The Bertz CT molecular complexity index is 1120. The monoisotopic (exact) mass is 420 g/mol. The Balaban J connectivity index is 1.61. The van der Waals surface area contributed by atoms with Gasteiger partial charge in [0.2, 0.25) is 5.71 Å². The summed E-state index contributed by atoms with van der Waals surface area (Å²) in [5, 5.41) is 16.8. The van der Waals surface area contributed by atoms with E-state index in [0.29, 0.717) is 42.4 Å². The van der Waals surface area contributed by atoms with E-state index in [1.165, 1.54) is 5.56 Å². The number of aliphatic imine (C=N–C) groups is 1. The summed E-state index contributed by atoms with van der Waals surface area (Å²) >= 11 is 0. The van der Waals surface area contributed by atoms with E-state index >= 15 is 0 Å². The van der Waals surface area contributed by atoms with Crippen LogP contribution in [0.4, 0.5) is 16.3 Å². The van der Waals surface area contributed by atoms with Gasteiger partial charge in [-0.2, -0.15) is 5.10 Å². The van der Waals surface area contributed by atoms with Gasteiger partial charge in [-0.3, -0.25) is 0 Å². The maximum absolute atomic E-state index is 11.5. The molecule has 9 heteroatoms. The van der Waals surface area contributed by atoms with E-state index < -0.39 is 6.03 Å². The third-order valence-corrected chi connectivity index (χ3v) is 5.32. The smallest absolute Gasteiger partial charge is 0.316 e. The number of aryl methyl sites for hydroxylation is 1. The zero-order valence-electron chi connectivity index (χ0n) is 17.3. The number of nitrogens with zero attached hydrogens (tertiary/aromatic N) is 4. The van der Waals surface area contributed by atoms with Gasteiger partial charge in [0, 0.05) is 18.6 Å². The predicted octanol–water partition coefficient (Wildman–Crippen LogP) is 1.23. The van der Waals surface area contributed by atoms with E-state index in [1.807, 2.05) is 37.3 Å². The Morgan fingerprint density at radius 3 is 2.81 bits per heavy atom. The standard InChI is InChI=1S/C22H25N7O2/c1-14-2-4-15(5-3-14)12-29-21(23)20(11-25-29)26-18-7-6-16(10-19(18)27-22(24)31)28-9-8-17(30)13-28/h2-7,10-11,17,30H,8-9,12-13H2,1H3,(H4,23,24,25,27,31)/p+1. The van der Waals surface area contributed by atoms with Crippen LogP contribution in [0.1, 0.15) is 17.5 Å². The average Bonchev–Trinajstić information content (AvgIpc) is 3.31. The quantitative estimate of drug-likeness (QED) is 0.437. The van der Waals surface area contributed by atoms with Gasteiger partial charge >= 0.3 is 6.03 Å². The summed E-state index contributed by atoms with van der Waals surface area (Å²) in [6.07, 6.45) is 7.45. The number of anilines is 1. The molecule has 1 saturated heterocycles. The van der Waals surface area contributed by atoms with Crippen LogP contribution in [0.15, 0.2) is 59.4 Å². The molecule has 0 saturated carbocycles. The van der Waals surface area contributed by atoms with E-state index in [4.69, 9.17) is 11.5 Å². The van der Waals surface area contributed by atoms with Crippen LogP contribution < -0.4 is 16.8 Å². The van der Waals surface area contributed by atoms with Gasteiger partial charge in [-0.25, -0.2) is 19.0 Å². The second-order valence-corrected chi connectivity index (χ2v) is 7.75. The summed E-state index contributed by atoms with van der Waals surface area (Å²) in [5.41, 5.74) is 16.3. The summed E-state index contributed by atoms with van der Waals surface area (Å²) in [7, 11) is 0. The molecule has 0 radical (unpaired) electrons. The summed E-state index contributed by atoms with van der Waals surface area (Å²) < 4.78 is 3.74. The van der Waals surface area contributed by atoms with E-state index in [0.717, 1.165) is 17.8 Å². The molecule has 9 nitrogen and oxygen atoms in total. The van der Waals surface area contributed by atoms with Gasteiger partial charge in [-0.05, 0) is 18.6 Å². The lowest BCUT2D eigenvalue weighted by Crippen LogP contribution is -2.34. The number of amides is 2. The molecular weight excluding hydrogens is 394 g/mol. The fraction of sp³-hybridized carbons (Fsp3) is 0.273. The van der Waals surface area contributed by atoms with Crippen molar-refractivity contribution in [2.24, 2.45) is 10.7 Å². The Morgan fingerprint density at radius 1 is 1.35 bits per heavy atom.